The van der Waals surface area contributed by atoms with Gasteiger partial charge >= 0.3 is 5.97 Å². The smallest absolute Gasteiger partial charge is 0.305 e. The first-order chi connectivity index (χ1) is 31.5. The van der Waals surface area contributed by atoms with Gasteiger partial charge in [-0.2, -0.15) is 0 Å². The van der Waals surface area contributed by atoms with E-state index in [2.05, 4.69) is 43.5 Å². The monoisotopic (exact) mass is 902 g/mol. The van der Waals surface area contributed by atoms with Crippen molar-refractivity contribution in [2.75, 3.05) is 13.2 Å². The molecule has 0 aromatic carbocycles. The second kappa shape index (κ2) is 54.0. The standard InChI is InChI=1S/C58H111NO5/c1-3-5-7-9-11-13-15-17-18-23-27-30-34-38-42-46-50-56(61)55(54-60)59-57(62)51-47-43-39-35-31-28-24-21-19-20-22-25-29-33-37-41-45-49-53-64-58(63)52-48-44-40-36-32-26-16-14-12-10-8-6-4-2/h8,10,14,16,55-56,60-61H,3-7,9,11-13,15,17-54H2,1-2H3,(H,59,62)/b10-8-,16-14-. The number of aliphatic hydroxyl groups excluding tert-OH is 2. The maximum atomic E-state index is 12.5. The summed E-state index contributed by atoms with van der Waals surface area (Å²) in [5, 5.41) is 23.3. The van der Waals surface area contributed by atoms with Gasteiger partial charge in [0.15, 0.2) is 0 Å². The number of amides is 1. The number of unbranched alkanes of at least 4 members (excludes halogenated alkanes) is 38. The van der Waals surface area contributed by atoms with Gasteiger partial charge in [-0.25, -0.2) is 0 Å². The van der Waals surface area contributed by atoms with Gasteiger partial charge in [-0.05, 0) is 51.4 Å². The van der Waals surface area contributed by atoms with Crippen LogP contribution in [0.25, 0.3) is 0 Å². The summed E-state index contributed by atoms with van der Waals surface area (Å²) in [6.07, 6.45) is 64.5. The number of nitrogens with one attached hydrogen (secondary N) is 1. The number of rotatable bonds is 53. The Hall–Kier alpha value is -1.66. The molecule has 6 heteroatoms. The zero-order chi connectivity index (χ0) is 46.5. The first-order valence-corrected chi connectivity index (χ1v) is 28.6. The van der Waals surface area contributed by atoms with Crippen LogP contribution in [0.1, 0.15) is 309 Å². The number of aliphatic hydroxyl groups is 2. The van der Waals surface area contributed by atoms with Crippen LogP contribution in [0.4, 0.5) is 0 Å². The minimum absolute atomic E-state index is 0.00779. The molecule has 1 amide bonds. The van der Waals surface area contributed by atoms with Gasteiger partial charge < -0.3 is 20.3 Å². The largest absolute Gasteiger partial charge is 0.466 e. The zero-order valence-electron chi connectivity index (χ0n) is 43.0. The number of hydrogen-bond donors (Lipinski definition) is 3. The summed E-state index contributed by atoms with van der Waals surface area (Å²) < 4.78 is 5.46. The van der Waals surface area contributed by atoms with Gasteiger partial charge in [0, 0.05) is 12.8 Å². The first-order valence-electron chi connectivity index (χ1n) is 28.6. The third-order valence-corrected chi connectivity index (χ3v) is 13.2. The van der Waals surface area contributed by atoms with Crippen molar-refractivity contribution in [1.82, 2.24) is 5.32 Å². The Morgan fingerprint density at radius 3 is 1.25 bits per heavy atom. The fourth-order valence-corrected chi connectivity index (χ4v) is 8.85. The van der Waals surface area contributed by atoms with E-state index in [1.54, 1.807) is 0 Å². The summed E-state index contributed by atoms with van der Waals surface area (Å²) in [6.45, 7) is 4.89. The lowest BCUT2D eigenvalue weighted by Crippen LogP contribution is -2.45. The minimum Gasteiger partial charge on any atom is -0.466 e. The Labute approximate surface area is 399 Å². The van der Waals surface area contributed by atoms with Crippen molar-refractivity contribution in [3.8, 4) is 0 Å². The Bertz CT molecular complexity index is 997. The van der Waals surface area contributed by atoms with Gasteiger partial charge in [0.25, 0.3) is 0 Å². The fourth-order valence-electron chi connectivity index (χ4n) is 8.85. The highest BCUT2D eigenvalue weighted by molar-refractivity contribution is 5.76. The van der Waals surface area contributed by atoms with Crippen LogP contribution in [0.15, 0.2) is 24.3 Å². The predicted molar refractivity (Wildman–Crippen MR) is 278 cm³/mol. The number of ether oxygens (including phenoxy) is 1. The van der Waals surface area contributed by atoms with Crippen molar-refractivity contribution in [2.24, 2.45) is 0 Å². The molecule has 3 N–H and O–H groups in total. The zero-order valence-corrected chi connectivity index (χ0v) is 43.0. The second-order valence-corrected chi connectivity index (χ2v) is 19.6. The van der Waals surface area contributed by atoms with E-state index >= 15 is 0 Å². The summed E-state index contributed by atoms with van der Waals surface area (Å²) in [4.78, 5) is 24.5. The van der Waals surface area contributed by atoms with Crippen molar-refractivity contribution < 1.29 is 24.5 Å². The lowest BCUT2D eigenvalue weighted by molar-refractivity contribution is -0.143. The maximum absolute atomic E-state index is 12.5. The molecule has 0 aliphatic carbocycles. The topological polar surface area (TPSA) is 95.9 Å². The van der Waals surface area contributed by atoms with E-state index in [9.17, 15) is 19.8 Å². The Balaban J connectivity index is 3.41. The van der Waals surface area contributed by atoms with Gasteiger partial charge in [-0.15, -0.1) is 0 Å². The van der Waals surface area contributed by atoms with E-state index in [-0.39, 0.29) is 18.5 Å². The third-order valence-electron chi connectivity index (χ3n) is 13.2. The highest BCUT2D eigenvalue weighted by atomic mass is 16.5. The Morgan fingerprint density at radius 2 is 0.812 bits per heavy atom. The van der Waals surface area contributed by atoms with Crippen molar-refractivity contribution >= 4 is 11.9 Å². The molecule has 0 spiro atoms. The molecule has 0 rings (SSSR count). The molecule has 64 heavy (non-hydrogen) atoms. The van der Waals surface area contributed by atoms with Crippen LogP contribution in [0.5, 0.6) is 0 Å². The molecule has 0 aliphatic heterocycles. The highest BCUT2D eigenvalue weighted by Gasteiger charge is 2.20. The fraction of sp³-hybridized carbons (Fsp3) is 0.897. The quantitative estimate of drug-likeness (QED) is 0.0321. The van der Waals surface area contributed by atoms with Gasteiger partial charge in [0.05, 0.1) is 25.4 Å². The predicted octanol–water partition coefficient (Wildman–Crippen LogP) is 17.5. The van der Waals surface area contributed by atoms with Crippen LogP contribution >= 0.6 is 0 Å². The molecule has 0 aliphatic rings. The Kier molecular flexibility index (Phi) is 52.6. The summed E-state index contributed by atoms with van der Waals surface area (Å²) in [5.41, 5.74) is 0. The SMILES string of the molecule is CCC/C=C\C/C=C\CCCCCCCC(=O)OCCCCCCCCCCCCCCCCCCCCC(=O)NC(CO)C(O)CCCCCCCCCCCCCCCCCC. The lowest BCUT2D eigenvalue weighted by atomic mass is 10.0. The van der Waals surface area contributed by atoms with Gasteiger partial charge in [0.2, 0.25) is 5.91 Å². The molecule has 0 radical (unpaired) electrons. The molecule has 0 saturated heterocycles. The van der Waals surface area contributed by atoms with Crippen molar-refractivity contribution in [2.45, 2.75) is 321 Å². The second-order valence-electron chi connectivity index (χ2n) is 19.6. The lowest BCUT2D eigenvalue weighted by Gasteiger charge is -2.22. The summed E-state index contributed by atoms with van der Waals surface area (Å²) in [5.74, 6) is -0.0455. The number of hydrogen-bond acceptors (Lipinski definition) is 5. The molecular formula is C58H111NO5. The molecule has 0 aromatic rings. The average Bonchev–Trinajstić information content (AvgIpc) is 3.29. The molecule has 6 nitrogen and oxygen atoms in total. The van der Waals surface area contributed by atoms with Crippen LogP contribution < -0.4 is 5.32 Å². The molecule has 0 heterocycles. The Morgan fingerprint density at radius 1 is 0.438 bits per heavy atom. The van der Waals surface area contributed by atoms with Crippen LogP contribution in [-0.2, 0) is 14.3 Å². The van der Waals surface area contributed by atoms with E-state index in [1.807, 2.05) is 0 Å². The highest BCUT2D eigenvalue weighted by Crippen LogP contribution is 2.17. The molecule has 0 saturated carbocycles. The summed E-state index contributed by atoms with van der Waals surface area (Å²) in [6, 6.07) is -0.544. The molecular weight excluding hydrogens is 791 g/mol. The number of allylic oxidation sites excluding steroid dienone is 4. The third kappa shape index (κ3) is 49.8. The molecule has 2 atom stereocenters. The van der Waals surface area contributed by atoms with Crippen LogP contribution in [0.3, 0.4) is 0 Å². The molecule has 2 unspecified atom stereocenters. The van der Waals surface area contributed by atoms with Gasteiger partial charge in [-0.3, -0.25) is 9.59 Å². The van der Waals surface area contributed by atoms with E-state index in [0.29, 0.717) is 25.9 Å². The normalized spacial score (nSPS) is 12.8. The van der Waals surface area contributed by atoms with E-state index < -0.39 is 12.1 Å². The van der Waals surface area contributed by atoms with Gasteiger partial charge in [-0.1, -0.05) is 269 Å². The average molecular weight is 903 g/mol. The summed E-state index contributed by atoms with van der Waals surface area (Å²) in [7, 11) is 0. The molecule has 0 fully saturated rings. The summed E-state index contributed by atoms with van der Waals surface area (Å²) >= 11 is 0. The molecule has 0 aromatic heterocycles. The minimum atomic E-state index is -0.667. The van der Waals surface area contributed by atoms with Crippen molar-refractivity contribution in [3.05, 3.63) is 24.3 Å². The molecule has 0 bridgehead atoms. The van der Waals surface area contributed by atoms with Gasteiger partial charge in [0.1, 0.15) is 0 Å². The molecule has 378 valence electrons. The van der Waals surface area contributed by atoms with Crippen LogP contribution in [-0.4, -0.2) is 47.4 Å². The number of carbonyl (C=O) groups is 2. The van der Waals surface area contributed by atoms with E-state index in [4.69, 9.17) is 4.74 Å². The number of esters is 1. The van der Waals surface area contributed by atoms with Crippen molar-refractivity contribution in [3.63, 3.8) is 0 Å². The number of carbonyl (C=O) groups excluding carboxylic acids is 2. The first kappa shape index (κ1) is 62.3. The van der Waals surface area contributed by atoms with Crippen molar-refractivity contribution in [1.29, 1.82) is 0 Å². The van der Waals surface area contributed by atoms with E-state index in [0.717, 1.165) is 51.4 Å². The van der Waals surface area contributed by atoms with E-state index in [1.165, 1.54) is 225 Å². The van der Waals surface area contributed by atoms with Crippen LogP contribution in [0.2, 0.25) is 0 Å². The maximum Gasteiger partial charge on any atom is 0.305 e. The van der Waals surface area contributed by atoms with Crippen LogP contribution in [0, 0.1) is 0 Å².